The lowest BCUT2D eigenvalue weighted by molar-refractivity contribution is 0.578. The van der Waals surface area contributed by atoms with Crippen molar-refractivity contribution in [1.29, 1.82) is 0 Å². The highest BCUT2D eigenvalue weighted by Crippen LogP contribution is 2.31. The number of benzene rings is 2. The minimum atomic E-state index is 0.634. The van der Waals surface area contributed by atoms with E-state index in [1.165, 1.54) is 24.9 Å². The Kier molecular flexibility index (Phi) is 4.20. The van der Waals surface area contributed by atoms with Crippen LogP contribution in [0.2, 0.25) is 5.02 Å². The van der Waals surface area contributed by atoms with Gasteiger partial charge in [0.15, 0.2) is 0 Å². The molecule has 21 heavy (non-hydrogen) atoms. The van der Waals surface area contributed by atoms with Crippen LogP contribution < -0.4 is 16.0 Å². The summed E-state index contributed by atoms with van der Waals surface area (Å²) in [5.41, 5.74) is 9.66. The molecule has 3 rings (SSSR count). The van der Waals surface area contributed by atoms with Crippen molar-refractivity contribution >= 4 is 34.4 Å². The van der Waals surface area contributed by atoms with Crippen LogP contribution in [-0.2, 0) is 0 Å². The Bertz CT molecular complexity index is 584. The monoisotopic (exact) mass is 301 g/mol. The molecule has 110 valence electrons. The minimum Gasteiger partial charge on any atom is -0.397 e. The number of rotatable bonds is 3. The van der Waals surface area contributed by atoms with Gasteiger partial charge in [-0.05, 0) is 55.7 Å². The minimum absolute atomic E-state index is 0.634. The summed E-state index contributed by atoms with van der Waals surface area (Å²) in [7, 11) is 0. The van der Waals surface area contributed by atoms with Crippen LogP contribution in [0, 0.1) is 0 Å². The molecule has 0 unspecified atom stereocenters. The van der Waals surface area contributed by atoms with Crippen molar-refractivity contribution in [2.24, 2.45) is 0 Å². The van der Waals surface area contributed by atoms with Crippen molar-refractivity contribution in [2.45, 2.75) is 19.3 Å². The first-order valence-corrected chi connectivity index (χ1v) is 7.78. The molecule has 0 amide bonds. The van der Waals surface area contributed by atoms with Gasteiger partial charge in [-0.2, -0.15) is 0 Å². The van der Waals surface area contributed by atoms with Gasteiger partial charge in [-0.25, -0.2) is 0 Å². The van der Waals surface area contributed by atoms with E-state index in [1.54, 1.807) is 0 Å². The number of nitrogens with two attached hydrogens (primary N) is 1. The van der Waals surface area contributed by atoms with Crippen LogP contribution in [0.5, 0.6) is 0 Å². The number of hydrogen-bond acceptors (Lipinski definition) is 3. The number of nitrogens with one attached hydrogen (secondary N) is 1. The molecule has 4 heteroatoms. The Labute approximate surface area is 130 Å². The van der Waals surface area contributed by atoms with Crippen LogP contribution in [0.15, 0.2) is 42.5 Å². The molecule has 1 aliphatic rings. The first kappa shape index (κ1) is 14.1. The van der Waals surface area contributed by atoms with Crippen molar-refractivity contribution in [1.82, 2.24) is 0 Å². The zero-order valence-electron chi connectivity index (χ0n) is 12.0. The van der Waals surface area contributed by atoms with Crippen molar-refractivity contribution in [3.63, 3.8) is 0 Å². The van der Waals surface area contributed by atoms with Gasteiger partial charge in [0.25, 0.3) is 0 Å². The largest absolute Gasteiger partial charge is 0.397 e. The molecule has 0 aliphatic carbocycles. The van der Waals surface area contributed by atoms with Gasteiger partial charge in [0.05, 0.1) is 16.4 Å². The molecule has 0 bridgehead atoms. The highest BCUT2D eigenvalue weighted by atomic mass is 35.5. The van der Waals surface area contributed by atoms with Crippen LogP contribution in [0.4, 0.5) is 22.7 Å². The second-order valence-corrected chi connectivity index (χ2v) is 5.83. The molecule has 1 saturated heterocycles. The van der Waals surface area contributed by atoms with Gasteiger partial charge < -0.3 is 16.0 Å². The van der Waals surface area contributed by atoms with E-state index in [9.17, 15) is 0 Å². The number of hydrogen-bond donors (Lipinski definition) is 2. The van der Waals surface area contributed by atoms with E-state index in [4.69, 9.17) is 17.3 Å². The van der Waals surface area contributed by atoms with Crippen LogP contribution in [-0.4, -0.2) is 13.1 Å². The van der Waals surface area contributed by atoms with E-state index in [0.717, 1.165) is 24.5 Å². The second-order valence-electron chi connectivity index (χ2n) is 5.42. The summed E-state index contributed by atoms with van der Waals surface area (Å²) in [6, 6.07) is 14.0. The van der Waals surface area contributed by atoms with E-state index in [-0.39, 0.29) is 0 Å². The molecule has 3 N–H and O–H groups in total. The molecule has 1 aliphatic heterocycles. The third kappa shape index (κ3) is 3.24. The van der Waals surface area contributed by atoms with Gasteiger partial charge in [-0.1, -0.05) is 17.7 Å². The van der Waals surface area contributed by atoms with Gasteiger partial charge >= 0.3 is 0 Å². The van der Waals surface area contributed by atoms with Crippen LogP contribution in [0.25, 0.3) is 0 Å². The third-order valence-corrected chi connectivity index (χ3v) is 4.22. The molecule has 2 aromatic carbocycles. The molecule has 0 spiro atoms. The third-order valence-electron chi connectivity index (χ3n) is 3.90. The van der Waals surface area contributed by atoms with Crippen molar-refractivity contribution in [2.75, 3.05) is 29.0 Å². The highest BCUT2D eigenvalue weighted by Gasteiger charge is 2.11. The summed E-state index contributed by atoms with van der Waals surface area (Å²) in [6.07, 6.45) is 3.92. The van der Waals surface area contributed by atoms with Crippen molar-refractivity contribution in [3.05, 3.63) is 47.5 Å². The topological polar surface area (TPSA) is 41.3 Å². The number of nitrogen functional groups attached to an aromatic ring is 1. The normalized spacial score (nSPS) is 15.0. The number of anilines is 4. The lowest BCUT2D eigenvalue weighted by Crippen LogP contribution is -2.29. The first-order chi connectivity index (χ1) is 10.2. The predicted octanol–water partition coefficient (Wildman–Crippen LogP) is 4.66. The molecular weight excluding hydrogens is 282 g/mol. The van der Waals surface area contributed by atoms with Crippen molar-refractivity contribution < 1.29 is 0 Å². The fourth-order valence-electron chi connectivity index (χ4n) is 2.72. The maximum atomic E-state index is 6.18. The average molecular weight is 302 g/mol. The van der Waals surface area contributed by atoms with Crippen LogP contribution >= 0.6 is 11.6 Å². The second kappa shape index (κ2) is 6.27. The summed E-state index contributed by atoms with van der Waals surface area (Å²) < 4.78 is 0. The molecule has 0 aromatic heterocycles. The van der Waals surface area contributed by atoms with Crippen LogP contribution in [0.1, 0.15) is 19.3 Å². The molecule has 0 atom stereocenters. The number of halogens is 1. The molecule has 1 fully saturated rings. The molecule has 1 heterocycles. The highest BCUT2D eigenvalue weighted by molar-refractivity contribution is 6.34. The van der Waals surface area contributed by atoms with Gasteiger partial charge in [-0.15, -0.1) is 0 Å². The quantitative estimate of drug-likeness (QED) is 0.810. The smallest absolute Gasteiger partial charge is 0.0807 e. The predicted molar refractivity (Wildman–Crippen MR) is 91.7 cm³/mol. The van der Waals surface area contributed by atoms with Gasteiger partial charge in [0.1, 0.15) is 0 Å². The van der Waals surface area contributed by atoms with Gasteiger partial charge in [0, 0.05) is 24.5 Å². The zero-order chi connectivity index (χ0) is 14.7. The Balaban J connectivity index is 1.75. The Morgan fingerprint density at radius 3 is 2.33 bits per heavy atom. The maximum absolute atomic E-state index is 6.18. The Hall–Kier alpha value is -1.87. The molecule has 3 nitrogen and oxygen atoms in total. The van der Waals surface area contributed by atoms with E-state index in [0.29, 0.717) is 10.7 Å². The lowest BCUT2D eigenvalue weighted by Gasteiger charge is -2.28. The molecule has 0 saturated carbocycles. The molecule has 0 radical (unpaired) electrons. The summed E-state index contributed by atoms with van der Waals surface area (Å²) in [6.45, 7) is 2.31. The summed E-state index contributed by atoms with van der Waals surface area (Å²) in [4.78, 5) is 2.44. The fourth-order valence-corrected chi connectivity index (χ4v) is 2.95. The Morgan fingerprint density at radius 1 is 0.952 bits per heavy atom. The van der Waals surface area contributed by atoms with Gasteiger partial charge in [-0.3, -0.25) is 0 Å². The standard InChI is InChI=1S/C17H20ClN3/c18-15-5-4-6-16(19)17(15)20-13-7-9-14(10-8-13)21-11-2-1-3-12-21/h4-10,20H,1-3,11-12,19H2. The molecular formula is C17H20ClN3. The number of piperidine rings is 1. The SMILES string of the molecule is Nc1cccc(Cl)c1Nc1ccc(N2CCCCC2)cc1. The zero-order valence-corrected chi connectivity index (χ0v) is 12.7. The van der Waals surface area contributed by atoms with Crippen LogP contribution in [0.3, 0.4) is 0 Å². The van der Waals surface area contributed by atoms with E-state index in [1.807, 2.05) is 18.2 Å². The van der Waals surface area contributed by atoms with E-state index < -0.39 is 0 Å². The molecule has 2 aromatic rings. The summed E-state index contributed by atoms with van der Waals surface area (Å²) >= 11 is 6.18. The van der Waals surface area contributed by atoms with Crippen molar-refractivity contribution in [3.8, 4) is 0 Å². The number of para-hydroxylation sites is 1. The summed E-state index contributed by atoms with van der Waals surface area (Å²) in [5, 5.41) is 3.93. The summed E-state index contributed by atoms with van der Waals surface area (Å²) in [5.74, 6) is 0. The van der Waals surface area contributed by atoms with E-state index >= 15 is 0 Å². The fraction of sp³-hybridized carbons (Fsp3) is 0.294. The van der Waals surface area contributed by atoms with Gasteiger partial charge in [0.2, 0.25) is 0 Å². The lowest BCUT2D eigenvalue weighted by atomic mass is 10.1. The number of nitrogens with zero attached hydrogens (tertiary/aromatic N) is 1. The Morgan fingerprint density at radius 2 is 1.67 bits per heavy atom. The maximum Gasteiger partial charge on any atom is 0.0807 e. The van der Waals surface area contributed by atoms with E-state index in [2.05, 4.69) is 34.5 Å². The average Bonchev–Trinajstić information content (AvgIpc) is 2.53. The first-order valence-electron chi connectivity index (χ1n) is 7.40.